The molecule has 0 aliphatic carbocycles. The summed E-state index contributed by atoms with van der Waals surface area (Å²) in [6.07, 6.45) is 9.02. The molecule has 26 heavy (non-hydrogen) atoms. The largest absolute Gasteiger partial charge is 0.303 e. The van der Waals surface area contributed by atoms with Crippen LogP contribution in [0.2, 0.25) is 0 Å². The zero-order valence-electron chi connectivity index (χ0n) is 15.2. The SMILES string of the molecule is c1cc([C@H]2CCCN(Cc3nccs3)C2)nc(SCCN2CCCC2)n1. The number of thioether (sulfide) groups is 1. The van der Waals surface area contributed by atoms with Crippen LogP contribution in [0.15, 0.2) is 29.0 Å². The minimum atomic E-state index is 0.518. The van der Waals surface area contributed by atoms with Crippen LogP contribution in [0, 0.1) is 0 Å². The molecule has 2 aromatic heterocycles. The van der Waals surface area contributed by atoms with Gasteiger partial charge in [0.2, 0.25) is 0 Å². The Balaban J connectivity index is 1.31. The van der Waals surface area contributed by atoms with Gasteiger partial charge in [0.25, 0.3) is 0 Å². The predicted octanol–water partition coefficient (Wildman–Crippen LogP) is 3.50. The lowest BCUT2D eigenvalue weighted by Crippen LogP contribution is -2.34. The topological polar surface area (TPSA) is 45.2 Å². The maximum atomic E-state index is 4.89. The number of rotatable bonds is 7. The molecule has 0 unspecified atom stereocenters. The van der Waals surface area contributed by atoms with Crippen LogP contribution in [0.25, 0.3) is 0 Å². The summed E-state index contributed by atoms with van der Waals surface area (Å²) in [5.41, 5.74) is 1.22. The Bertz CT molecular complexity index is 672. The number of thiazole rings is 1. The maximum Gasteiger partial charge on any atom is 0.187 e. The maximum absolute atomic E-state index is 4.89. The number of nitrogens with zero attached hydrogens (tertiary/aromatic N) is 5. The molecule has 5 nitrogen and oxygen atoms in total. The summed E-state index contributed by atoms with van der Waals surface area (Å²) in [7, 11) is 0. The molecule has 0 aromatic carbocycles. The lowest BCUT2D eigenvalue weighted by atomic mass is 9.94. The molecular formula is C19H27N5S2. The van der Waals surface area contributed by atoms with Crippen molar-refractivity contribution < 1.29 is 0 Å². The first-order valence-corrected chi connectivity index (χ1v) is 11.5. The summed E-state index contributed by atoms with van der Waals surface area (Å²) in [6.45, 7) is 6.89. The standard InChI is InChI=1S/C19H27N5S2/c1-2-9-23(8-1)11-13-26-19-21-6-5-17(22-19)16-4-3-10-24(14-16)15-18-20-7-12-25-18/h5-7,12,16H,1-4,8-11,13-15H2/t16-/m0/s1. The third-order valence-electron chi connectivity index (χ3n) is 5.26. The van der Waals surface area contributed by atoms with Crippen molar-refractivity contribution in [3.63, 3.8) is 0 Å². The highest BCUT2D eigenvalue weighted by Gasteiger charge is 2.23. The lowest BCUT2D eigenvalue weighted by Gasteiger charge is -2.31. The van der Waals surface area contributed by atoms with Crippen LogP contribution in [0.3, 0.4) is 0 Å². The first-order chi connectivity index (χ1) is 12.9. The van der Waals surface area contributed by atoms with Crippen LogP contribution >= 0.6 is 23.1 Å². The molecule has 0 radical (unpaired) electrons. The minimum absolute atomic E-state index is 0.518. The van der Waals surface area contributed by atoms with Crippen molar-refractivity contribution in [1.29, 1.82) is 0 Å². The van der Waals surface area contributed by atoms with Gasteiger partial charge in [-0.05, 0) is 51.4 Å². The molecule has 2 aliphatic heterocycles. The average Bonchev–Trinajstić information content (AvgIpc) is 3.37. The molecule has 0 saturated carbocycles. The minimum Gasteiger partial charge on any atom is -0.303 e. The van der Waals surface area contributed by atoms with Crippen molar-refractivity contribution >= 4 is 23.1 Å². The molecule has 0 amide bonds. The zero-order valence-corrected chi connectivity index (χ0v) is 16.9. The van der Waals surface area contributed by atoms with Crippen molar-refractivity contribution in [1.82, 2.24) is 24.8 Å². The molecule has 2 aliphatic rings. The van der Waals surface area contributed by atoms with E-state index in [4.69, 9.17) is 4.98 Å². The molecule has 2 saturated heterocycles. The highest BCUT2D eigenvalue weighted by Crippen LogP contribution is 2.27. The fourth-order valence-electron chi connectivity index (χ4n) is 3.89. The fraction of sp³-hybridized carbons (Fsp3) is 0.632. The van der Waals surface area contributed by atoms with E-state index in [-0.39, 0.29) is 0 Å². The van der Waals surface area contributed by atoms with E-state index in [1.165, 1.54) is 56.0 Å². The molecule has 2 fully saturated rings. The van der Waals surface area contributed by atoms with E-state index in [0.717, 1.165) is 30.5 Å². The molecule has 140 valence electrons. The van der Waals surface area contributed by atoms with Crippen LogP contribution in [0.4, 0.5) is 0 Å². The lowest BCUT2D eigenvalue weighted by molar-refractivity contribution is 0.198. The van der Waals surface area contributed by atoms with Crippen molar-refractivity contribution in [3.05, 3.63) is 34.5 Å². The first-order valence-electron chi connectivity index (χ1n) is 9.65. The Hall–Kier alpha value is -1.02. The summed E-state index contributed by atoms with van der Waals surface area (Å²) in [5, 5.41) is 4.22. The molecule has 0 N–H and O–H groups in total. The van der Waals surface area contributed by atoms with Crippen molar-refractivity contribution in [2.45, 2.75) is 43.3 Å². The molecular weight excluding hydrogens is 362 g/mol. The third kappa shape index (κ3) is 5.03. The Labute approximate surface area is 164 Å². The molecule has 0 spiro atoms. The highest BCUT2D eigenvalue weighted by atomic mass is 32.2. The third-order valence-corrected chi connectivity index (χ3v) is 6.86. The Morgan fingerprint density at radius 2 is 1.96 bits per heavy atom. The van der Waals surface area contributed by atoms with Gasteiger partial charge in [-0.2, -0.15) is 0 Å². The van der Waals surface area contributed by atoms with Crippen molar-refractivity contribution in [3.8, 4) is 0 Å². The zero-order chi connectivity index (χ0) is 17.6. The predicted molar refractivity (Wildman–Crippen MR) is 108 cm³/mol. The van der Waals surface area contributed by atoms with Crippen molar-refractivity contribution in [2.24, 2.45) is 0 Å². The van der Waals surface area contributed by atoms with Gasteiger partial charge in [0.15, 0.2) is 5.16 Å². The van der Waals surface area contributed by atoms with E-state index in [1.807, 2.05) is 12.4 Å². The number of aromatic nitrogens is 3. The summed E-state index contributed by atoms with van der Waals surface area (Å²) in [6, 6.07) is 2.11. The van der Waals surface area contributed by atoms with Gasteiger partial charge in [0.1, 0.15) is 5.01 Å². The van der Waals surface area contributed by atoms with Gasteiger partial charge in [-0.1, -0.05) is 11.8 Å². The second-order valence-electron chi connectivity index (χ2n) is 7.16. The van der Waals surface area contributed by atoms with E-state index in [0.29, 0.717) is 5.92 Å². The number of likely N-dealkylation sites (tertiary alicyclic amines) is 2. The summed E-state index contributed by atoms with van der Waals surface area (Å²) in [5.74, 6) is 1.61. The van der Waals surface area contributed by atoms with Gasteiger partial charge in [-0.15, -0.1) is 11.3 Å². The van der Waals surface area contributed by atoms with Crippen LogP contribution in [0.5, 0.6) is 0 Å². The summed E-state index contributed by atoms with van der Waals surface area (Å²) in [4.78, 5) is 18.9. The molecule has 4 rings (SSSR count). The second kappa shape index (κ2) is 9.26. The summed E-state index contributed by atoms with van der Waals surface area (Å²) >= 11 is 3.55. The number of hydrogen-bond donors (Lipinski definition) is 0. The summed E-state index contributed by atoms with van der Waals surface area (Å²) < 4.78 is 0. The Morgan fingerprint density at radius 1 is 1.08 bits per heavy atom. The van der Waals surface area contributed by atoms with Gasteiger partial charge in [0, 0.05) is 48.2 Å². The molecule has 0 bridgehead atoms. The van der Waals surface area contributed by atoms with Gasteiger partial charge < -0.3 is 4.90 Å². The molecule has 1 atom stereocenters. The molecule has 7 heteroatoms. The van der Waals surface area contributed by atoms with Crippen LogP contribution < -0.4 is 0 Å². The Morgan fingerprint density at radius 3 is 2.81 bits per heavy atom. The van der Waals surface area contributed by atoms with E-state index >= 15 is 0 Å². The molecule has 4 heterocycles. The van der Waals surface area contributed by atoms with Gasteiger partial charge in [-0.25, -0.2) is 15.0 Å². The monoisotopic (exact) mass is 389 g/mol. The van der Waals surface area contributed by atoms with Gasteiger partial charge in [-0.3, -0.25) is 4.90 Å². The first kappa shape index (κ1) is 18.3. The van der Waals surface area contributed by atoms with Gasteiger partial charge >= 0.3 is 0 Å². The average molecular weight is 390 g/mol. The van der Waals surface area contributed by atoms with Gasteiger partial charge in [0.05, 0.1) is 6.54 Å². The highest BCUT2D eigenvalue weighted by molar-refractivity contribution is 7.99. The Kier molecular flexibility index (Phi) is 6.53. The van der Waals surface area contributed by atoms with Crippen molar-refractivity contribution in [2.75, 3.05) is 38.5 Å². The van der Waals surface area contributed by atoms with E-state index < -0.39 is 0 Å². The van der Waals surface area contributed by atoms with E-state index in [1.54, 1.807) is 23.1 Å². The fourth-order valence-corrected chi connectivity index (χ4v) is 5.38. The smallest absolute Gasteiger partial charge is 0.187 e. The van der Waals surface area contributed by atoms with E-state index in [9.17, 15) is 0 Å². The number of piperidine rings is 1. The normalized spacial score (nSPS) is 22.1. The van der Waals surface area contributed by atoms with Crippen LogP contribution in [0.1, 0.15) is 42.3 Å². The second-order valence-corrected chi connectivity index (χ2v) is 9.20. The van der Waals surface area contributed by atoms with Crippen LogP contribution in [-0.4, -0.2) is 63.2 Å². The number of hydrogen-bond acceptors (Lipinski definition) is 7. The molecule has 2 aromatic rings. The van der Waals surface area contributed by atoms with E-state index in [2.05, 4.69) is 31.2 Å². The quantitative estimate of drug-likeness (QED) is 0.533. The van der Waals surface area contributed by atoms with Crippen LogP contribution in [-0.2, 0) is 6.54 Å².